The zero-order valence-corrected chi connectivity index (χ0v) is 12.1. The van der Waals surface area contributed by atoms with Gasteiger partial charge in [0.25, 0.3) is 0 Å². The summed E-state index contributed by atoms with van der Waals surface area (Å²) in [5.74, 6) is 1.54. The molecule has 108 valence electrons. The van der Waals surface area contributed by atoms with Crippen molar-refractivity contribution in [3.8, 4) is 0 Å². The van der Waals surface area contributed by atoms with Crippen LogP contribution in [0, 0.1) is 13.8 Å². The first-order chi connectivity index (χ1) is 10.1. The second-order valence-corrected chi connectivity index (χ2v) is 5.29. The average molecular weight is 283 g/mol. The molecule has 6 heteroatoms. The summed E-state index contributed by atoms with van der Waals surface area (Å²) < 4.78 is 0. The van der Waals surface area contributed by atoms with Gasteiger partial charge in [-0.1, -0.05) is 0 Å². The Labute approximate surface area is 123 Å². The fraction of sp³-hybridized carbons (Fsp3) is 0.333. The first kappa shape index (κ1) is 13.5. The third-order valence-electron chi connectivity index (χ3n) is 3.46. The number of nitrogens with one attached hydrogen (secondary N) is 1. The van der Waals surface area contributed by atoms with Gasteiger partial charge in [-0.3, -0.25) is 9.69 Å². The minimum atomic E-state index is 0.0362. The molecule has 0 spiro atoms. The quantitative estimate of drug-likeness (QED) is 0.928. The number of anilines is 2. The van der Waals surface area contributed by atoms with Crippen LogP contribution < -0.4 is 10.2 Å². The summed E-state index contributed by atoms with van der Waals surface area (Å²) in [4.78, 5) is 26.4. The van der Waals surface area contributed by atoms with Gasteiger partial charge in [0.1, 0.15) is 18.0 Å². The van der Waals surface area contributed by atoms with Crippen molar-refractivity contribution >= 4 is 17.5 Å². The Morgan fingerprint density at radius 3 is 2.86 bits per heavy atom. The van der Waals surface area contributed by atoms with E-state index < -0.39 is 0 Å². The molecule has 6 nitrogen and oxygen atoms in total. The van der Waals surface area contributed by atoms with Crippen molar-refractivity contribution in [1.29, 1.82) is 0 Å². The summed E-state index contributed by atoms with van der Waals surface area (Å²) in [7, 11) is 0. The zero-order chi connectivity index (χ0) is 14.8. The number of aryl methyl sites for hydroxylation is 2. The molecule has 0 radical (unpaired) electrons. The van der Waals surface area contributed by atoms with Crippen LogP contribution in [0.15, 0.2) is 30.7 Å². The Morgan fingerprint density at radius 2 is 2.10 bits per heavy atom. The third kappa shape index (κ3) is 2.99. The lowest BCUT2D eigenvalue weighted by atomic mass is 10.2. The van der Waals surface area contributed by atoms with Crippen molar-refractivity contribution in [3.05, 3.63) is 42.0 Å². The van der Waals surface area contributed by atoms with Gasteiger partial charge < -0.3 is 5.32 Å². The topological polar surface area (TPSA) is 71.0 Å². The van der Waals surface area contributed by atoms with E-state index in [1.54, 1.807) is 11.1 Å². The number of hydrogen-bond donors (Lipinski definition) is 1. The lowest BCUT2D eigenvalue weighted by Gasteiger charge is -2.16. The molecule has 3 heterocycles. The van der Waals surface area contributed by atoms with E-state index in [-0.39, 0.29) is 11.9 Å². The molecular weight excluding hydrogens is 266 g/mol. The number of pyridine rings is 1. The summed E-state index contributed by atoms with van der Waals surface area (Å²) in [6, 6.07) is 5.76. The molecule has 1 N–H and O–H groups in total. The monoisotopic (exact) mass is 283 g/mol. The summed E-state index contributed by atoms with van der Waals surface area (Å²) >= 11 is 0. The molecule has 0 aromatic carbocycles. The van der Waals surface area contributed by atoms with E-state index in [1.165, 1.54) is 6.33 Å². The highest BCUT2D eigenvalue weighted by Gasteiger charge is 2.31. The van der Waals surface area contributed by atoms with Crippen molar-refractivity contribution < 1.29 is 4.79 Å². The molecule has 2 aromatic heterocycles. The van der Waals surface area contributed by atoms with Crippen LogP contribution >= 0.6 is 0 Å². The van der Waals surface area contributed by atoms with Crippen LogP contribution in [0.25, 0.3) is 0 Å². The van der Waals surface area contributed by atoms with Gasteiger partial charge in [-0.05, 0) is 31.5 Å². The minimum absolute atomic E-state index is 0.0362. The maximum atomic E-state index is 12.2. The van der Waals surface area contributed by atoms with Gasteiger partial charge in [0, 0.05) is 30.9 Å². The third-order valence-corrected chi connectivity index (χ3v) is 3.46. The maximum absolute atomic E-state index is 12.2. The van der Waals surface area contributed by atoms with E-state index in [2.05, 4.69) is 20.3 Å². The van der Waals surface area contributed by atoms with E-state index in [0.717, 1.165) is 17.1 Å². The molecule has 0 bridgehead atoms. The van der Waals surface area contributed by atoms with Gasteiger partial charge in [-0.15, -0.1) is 0 Å². The fourth-order valence-electron chi connectivity index (χ4n) is 2.44. The van der Waals surface area contributed by atoms with Gasteiger partial charge in [0.2, 0.25) is 5.91 Å². The van der Waals surface area contributed by atoms with E-state index in [9.17, 15) is 4.79 Å². The van der Waals surface area contributed by atoms with Crippen molar-refractivity contribution in [2.75, 3.05) is 16.8 Å². The molecule has 0 aliphatic carbocycles. The van der Waals surface area contributed by atoms with Crippen LogP contribution in [0.4, 0.5) is 11.6 Å². The molecule has 1 aliphatic heterocycles. The Morgan fingerprint density at radius 1 is 1.24 bits per heavy atom. The van der Waals surface area contributed by atoms with Crippen molar-refractivity contribution in [1.82, 2.24) is 15.0 Å². The standard InChI is InChI=1S/C15H17N5O/c1-10-3-4-16-14(5-10)20-8-12(7-15(20)21)19-13-6-11(2)17-9-18-13/h3-6,9,12H,7-8H2,1-2H3,(H,17,18,19). The minimum Gasteiger partial charge on any atom is -0.365 e. The van der Waals surface area contributed by atoms with E-state index in [4.69, 9.17) is 0 Å². The Hall–Kier alpha value is -2.50. The van der Waals surface area contributed by atoms with Crippen molar-refractivity contribution in [2.24, 2.45) is 0 Å². The summed E-state index contributed by atoms with van der Waals surface area (Å²) in [6.45, 7) is 4.50. The largest absolute Gasteiger partial charge is 0.365 e. The van der Waals surface area contributed by atoms with Crippen LogP contribution in [-0.4, -0.2) is 33.4 Å². The molecular formula is C15H17N5O. The molecule has 1 atom stereocenters. The van der Waals surface area contributed by atoms with Gasteiger partial charge in [-0.2, -0.15) is 0 Å². The lowest BCUT2D eigenvalue weighted by Crippen LogP contribution is -2.28. The smallest absolute Gasteiger partial charge is 0.230 e. The highest BCUT2D eigenvalue weighted by Crippen LogP contribution is 2.22. The number of hydrogen-bond acceptors (Lipinski definition) is 5. The summed E-state index contributed by atoms with van der Waals surface area (Å²) in [5.41, 5.74) is 1.99. The zero-order valence-electron chi connectivity index (χ0n) is 12.1. The normalized spacial score (nSPS) is 18.1. The molecule has 0 saturated carbocycles. The fourth-order valence-corrected chi connectivity index (χ4v) is 2.44. The highest BCUT2D eigenvalue weighted by atomic mass is 16.2. The van der Waals surface area contributed by atoms with Crippen LogP contribution in [-0.2, 0) is 4.79 Å². The second-order valence-electron chi connectivity index (χ2n) is 5.29. The first-order valence-electron chi connectivity index (χ1n) is 6.90. The Balaban J connectivity index is 1.73. The number of rotatable bonds is 3. The van der Waals surface area contributed by atoms with E-state index in [1.807, 2.05) is 32.0 Å². The molecule has 1 amide bonds. The SMILES string of the molecule is Cc1ccnc(N2CC(Nc3cc(C)ncn3)CC2=O)c1. The number of nitrogens with zero attached hydrogens (tertiary/aromatic N) is 4. The molecule has 1 fully saturated rings. The number of amides is 1. The van der Waals surface area contributed by atoms with Crippen LogP contribution in [0.5, 0.6) is 0 Å². The predicted molar refractivity (Wildman–Crippen MR) is 80.1 cm³/mol. The number of aromatic nitrogens is 3. The molecule has 3 rings (SSSR count). The van der Waals surface area contributed by atoms with Gasteiger partial charge in [0.15, 0.2) is 0 Å². The summed E-state index contributed by atoms with van der Waals surface area (Å²) in [6.07, 6.45) is 3.69. The van der Waals surface area contributed by atoms with Crippen molar-refractivity contribution in [2.45, 2.75) is 26.3 Å². The number of carbonyl (C=O) groups is 1. The number of carbonyl (C=O) groups excluding carboxylic acids is 1. The van der Waals surface area contributed by atoms with Gasteiger partial charge >= 0.3 is 0 Å². The highest BCUT2D eigenvalue weighted by molar-refractivity contribution is 5.95. The summed E-state index contributed by atoms with van der Waals surface area (Å²) in [5, 5.41) is 3.29. The van der Waals surface area contributed by atoms with E-state index in [0.29, 0.717) is 18.8 Å². The van der Waals surface area contributed by atoms with Gasteiger partial charge in [-0.25, -0.2) is 15.0 Å². The maximum Gasteiger partial charge on any atom is 0.230 e. The van der Waals surface area contributed by atoms with Crippen molar-refractivity contribution in [3.63, 3.8) is 0 Å². The van der Waals surface area contributed by atoms with Crippen LogP contribution in [0.2, 0.25) is 0 Å². The Kier molecular flexibility index (Phi) is 3.51. The molecule has 21 heavy (non-hydrogen) atoms. The second kappa shape index (κ2) is 5.47. The van der Waals surface area contributed by atoms with Crippen LogP contribution in [0.1, 0.15) is 17.7 Å². The molecule has 1 unspecified atom stereocenters. The lowest BCUT2D eigenvalue weighted by molar-refractivity contribution is -0.117. The van der Waals surface area contributed by atoms with Crippen LogP contribution in [0.3, 0.4) is 0 Å². The molecule has 2 aromatic rings. The average Bonchev–Trinajstić information content (AvgIpc) is 2.79. The molecule has 1 aliphatic rings. The first-order valence-corrected chi connectivity index (χ1v) is 6.90. The Bertz CT molecular complexity index is 673. The molecule has 1 saturated heterocycles. The predicted octanol–water partition coefficient (Wildman–Crippen LogP) is 1.71. The van der Waals surface area contributed by atoms with Gasteiger partial charge in [0.05, 0.1) is 6.04 Å². The van der Waals surface area contributed by atoms with E-state index >= 15 is 0 Å².